The fourth-order valence-corrected chi connectivity index (χ4v) is 1.01. The van der Waals surface area contributed by atoms with Gasteiger partial charge in [0.15, 0.2) is 0 Å². The Morgan fingerprint density at radius 2 is 2.00 bits per heavy atom. The summed E-state index contributed by atoms with van der Waals surface area (Å²) >= 11 is 5.63. The second kappa shape index (κ2) is 6.22. The highest BCUT2D eigenvalue weighted by Gasteiger charge is 2.13. The summed E-state index contributed by atoms with van der Waals surface area (Å²) < 4.78 is 5.31. The molecular weight excluding hydrogens is 190 g/mol. The zero-order valence-corrected chi connectivity index (χ0v) is 9.47. The molecule has 0 N–H and O–H groups in total. The summed E-state index contributed by atoms with van der Waals surface area (Å²) in [6.45, 7) is 6.75. The van der Waals surface area contributed by atoms with E-state index in [1.165, 1.54) is 0 Å². The fourth-order valence-electron chi connectivity index (χ4n) is 0.839. The Bertz CT molecular complexity index is 160. The molecule has 0 spiro atoms. The number of nitrogens with zero attached hydrogens (tertiary/aromatic N) is 1. The lowest BCUT2D eigenvalue weighted by Crippen LogP contribution is -2.35. The van der Waals surface area contributed by atoms with Gasteiger partial charge < -0.3 is 9.64 Å². The van der Waals surface area contributed by atoms with E-state index in [0.29, 0.717) is 13.2 Å². The largest absolute Gasteiger partial charge is 0.377 e. The molecule has 0 bridgehead atoms. The molecule has 0 aromatic rings. The predicted molar refractivity (Wildman–Crippen MR) is 54.0 cm³/mol. The van der Waals surface area contributed by atoms with Crippen molar-refractivity contribution in [3.05, 3.63) is 0 Å². The van der Waals surface area contributed by atoms with Crippen LogP contribution in [-0.2, 0) is 9.53 Å². The average Bonchev–Trinajstić information content (AvgIpc) is 2.02. The van der Waals surface area contributed by atoms with Crippen molar-refractivity contribution in [1.29, 1.82) is 0 Å². The molecule has 1 atom stereocenters. The van der Waals surface area contributed by atoms with E-state index in [-0.39, 0.29) is 12.0 Å². The van der Waals surface area contributed by atoms with Crippen molar-refractivity contribution in [2.24, 2.45) is 0 Å². The lowest BCUT2D eigenvalue weighted by Gasteiger charge is -2.19. The van der Waals surface area contributed by atoms with E-state index in [2.05, 4.69) is 0 Å². The van der Waals surface area contributed by atoms with Crippen molar-refractivity contribution in [3.8, 4) is 0 Å². The van der Waals surface area contributed by atoms with Crippen LogP contribution in [0.2, 0.25) is 0 Å². The van der Waals surface area contributed by atoms with Gasteiger partial charge in [0, 0.05) is 13.6 Å². The van der Waals surface area contributed by atoms with E-state index in [1.807, 2.05) is 13.8 Å². The third-order valence-electron chi connectivity index (χ3n) is 1.59. The van der Waals surface area contributed by atoms with E-state index in [0.717, 1.165) is 0 Å². The van der Waals surface area contributed by atoms with Gasteiger partial charge in [-0.3, -0.25) is 4.79 Å². The van der Waals surface area contributed by atoms with E-state index < -0.39 is 5.38 Å². The number of carbonyl (C=O) groups is 1. The van der Waals surface area contributed by atoms with Gasteiger partial charge in [-0.1, -0.05) is 0 Å². The molecule has 78 valence electrons. The van der Waals surface area contributed by atoms with Gasteiger partial charge in [-0.15, -0.1) is 11.6 Å². The Labute approximate surface area is 85.0 Å². The van der Waals surface area contributed by atoms with Crippen LogP contribution < -0.4 is 0 Å². The van der Waals surface area contributed by atoms with Crippen molar-refractivity contribution >= 4 is 17.5 Å². The number of amides is 1. The minimum Gasteiger partial charge on any atom is -0.377 e. The van der Waals surface area contributed by atoms with E-state index in [9.17, 15) is 4.79 Å². The van der Waals surface area contributed by atoms with Gasteiger partial charge in [0.1, 0.15) is 5.38 Å². The molecule has 0 aliphatic carbocycles. The number of hydrogen-bond donors (Lipinski definition) is 0. The maximum atomic E-state index is 11.3. The Kier molecular flexibility index (Phi) is 6.08. The van der Waals surface area contributed by atoms with Gasteiger partial charge >= 0.3 is 0 Å². The zero-order chi connectivity index (χ0) is 10.4. The molecule has 1 amide bonds. The van der Waals surface area contributed by atoms with Crippen molar-refractivity contribution in [3.63, 3.8) is 0 Å². The molecule has 1 unspecified atom stereocenters. The van der Waals surface area contributed by atoms with E-state index in [4.69, 9.17) is 16.3 Å². The first-order valence-corrected chi connectivity index (χ1v) is 4.89. The Balaban J connectivity index is 3.62. The number of hydrogen-bond acceptors (Lipinski definition) is 2. The third-order valence-corrected chi connectivity index (χ3v) is 1.78. The minimum atomic E-state index is -0.455. The molecule has 4 heteroatoms. The van der Waals surface area contributed by atoms with Gasteiger partial charge in [0.2, 0.25) is 5.91 Å². The summed E-state index contributed by atoms with van der Waals surface area (Å²) in [5, 5.41) is -0.455. The molecule has 0 saturated heterocycles. The number of carbonyl (C=O) groups excluding carboxylic acids is 1. The maximum absolute atomic E-state index is 11.3. The van der Waals surface area contributed by atoms with E-state index >= 15 is 0 Å². The van der Waals surface area contributed by atoms with Crippen LogP contribution in [0.4, 0.5) is 0 Å². The normalized spacial score (nSPS) is 13.1. The molecule has 0 aromatic carbocycles. The van der Waals surface area contributed by atoms with Crippen molar-refractivity contribution in [2.45, 2.75) is 32.3 Å². The molecule has 0 rings (SSSR count). The van der Waals surface area contributed by atoms with E-state index in [1.54, 1.807) is 18.9 Å². The lowest BCUT2D eigenvalue weighted by atomic mass is 10.4. The summed E-state index contributed by atoms with van der Waals surface area (Å²) in [5.41, 5.74) is 0. The standard InChI is InChI=1S/C9H18ClNO2/c1-7(2)13-6-5-11(4)9(12)8(3)10/h7-8H,5-6H2,1-4H3. The summed E-state index contributed by atoms with van der Waals surface area (Å²) in [5.74, 6) is -0.0611. The molecule has 0 aromatic heterocycles. The van der Waals surface area contributed by atoms with Crippen molar-refractivity contribution in [2.75, 3.05) is 20.2 Å². The highest BCUT2D eigenvalue weighted by Crippen LogP contribution is 1.99. The number of rotatable bonds is 5. The monoisotopic (exact) mass is 207 g/mol. The summed E-state index contributed by atoms with van der Waals surface area (Å²) in [4.78, 5) is 12.8. The molecule has 13 heavy (non-hydrogen) atoms. The van der Waals surface area contributed by atoms with Crippen LogP contribution in [-0.4, -0.2) is 42.5 Å². The van der Waals surface area contributed by atoms with Gasteiger partial charge in [-0.05, 0) is 20.8 Å². The van der Waals surface area contributed by atoms with Gasteiger partial charge in [0.25, 0.3) is 0 Å². The number of alkyl halides is 1. The summed E-state index contributed by atoms with van der Waals surface area (Å²) in [7, 11) is 1.73. The lowest BCUT2D eigenvalue weighted by molar-refractivity contribution is -0.130. The van der Waals surface area contributed by atoms with Crippen LogP contribution >= 0.6 is 11.6 Å². The number of likely N-dealkylation sites (N-methyl/N-ethyl adjacent to an activating group) is 1. The SMILES string of the molecule is CC(C)OCCN(C)C(=O)C(C)Cl. The van der Waals surface area contributed by atoms with Crippen LogP contribution in [0.25, 0.3) is 0 Å². The smallest absolute Gasteiger partial charge is 0.240 e. The predicted octanol–water partition coefficient (Wildman–Crippen LogP) is 1.50. The quantitative estimate of drug-likeness (QED) is 0.640. The first-order valence-electron chi connectivity index (χ1n) is 4.45. The first-order chi connectivity index (χ1) is 5.95. The molecule has 0 aliphatic rings. The Hall–Kier alpha value is -0.280. The van der Waals surface area contributed by atoms with Crippen LogP contribution in [0.3, 0.4) is 0 Å². The maximum Gasteiger partial charge on any atom is 0.240 e. The van der Waals surface area contributed by atoms with Crippen LogP contribution in [0.1, 0.15) is 20.8 Å². The number of halogens is 1. The summed E-state index contributed by atoms with van der Waals surface area (Å²) in [6, 6.07) is 0. The zero-order valence-electron chi connectivity index (χ0n) is 8.71. The topological polar surface area (TPSA) is 29.5 Å². The van der Waals surface area contributed by atoms with Crippen LogP contribution in [0.5, 0.6) is 0 Å². The van der Waals surface area contributed by atoms with Crippen LogP contribution in [0.15, 0.2) is 0 Å². The molecule has 0 saturated carbocycles. The fraction of sp³-hybridized carbons (Fsp3) is 0.889. The second-order valence-electron chi connectivity index (χ2n) is 3.30. The van der Waals surface area contributed by atoms with Gasteiger partial charge in [-0.2, -0.15) is 0 Å². The molecule has 0 aliphatic heterocycles. The first kappa shape index (κ1) is 12.7. The third kappa shape index (κ3) is 5.88. The van der Waals surface area contributed by atoms with Crippen LogP contribution in [0, 0.1) is 0 Å². The molecule has 0 fully saturated rings. The molecule has 0 heterocycles. The van der Waals surface area contributed by atoms with Gasteiger partial charge in [-0.25, -0.2) is 0 Å². The Morgan fingerprint density at radius 3 is 2.38 bits per heavy atom. The summed E-state index contributed by atoms with van der Waals surface area (Å²) in [6.07, 6.45) is 0.205. The highest BCUT2D eigenvalue weighted by molar-refractivity contribution is 6.30. The van der Waals surface area contributed by atoms with Crippen molar-refractivity contribution in [1.82, 2.24) is 4.90 Å². The molecule has 3 nitrogen and oxygen atoms in total. The number of ether oxygens (including phenoxy) is 1. The average molecular weight is 208 g/mol. The van der Waals surface area contributed by atoms with Crippen molar-refractivity contribution < 1.29 is 9.53 Å². The molecule has 0 radical (unpaired) electrons. The Morgan fingerprint density at radius 1 is 1.46 bits per heavy atom. The molecular formula is C9H18ClNO2. The van der Waals surface area contributed by atoms with Gasteiger partial charge in [0.05, 0.1) is 12.7 Å². The highest BCUT2D eigenvalue weighted by atomic mass is 35.5. The minimum absolute atomic E-state index is 0.0611. The second-order valence-corrected chi connectivity index (χ2v) is 3.95.